The minimum atomic E-state index is -0.0437. The molecule has 1 fully saturated rings. The smallest absolute Gasteiger partial charge is 0.237 e. The Kier molecular flexibility index (Phi) is 5.59. The number of amides is 1. The van der Waals surface area contributed by atoms with Gasteiger partial charge in [0.2, 0.25) is 5.91 Å². The van der Waals surface area contributed by atoms with Crippen LogP contribution in [0.25, 0.3) is 0 Å². The van der Waals surface area contributed by atoms with Crippen molar-refractivity contribution in [1.82, 2.24) is 10.2 Å². The molecule has 0 radical (unpaired) electrons. The minimum absolute atomic E-state index is 0.0437. The molecule has 112 valence electrons. The first-order valence-electron chi connectivity index (χ1n) is 7.33. The van der Waals surface area contributed by atoms with Crippen molar-refractivity contribution in [3.8, 4) is 11.8 Å². The molecule has 0 bridgehead atoms. The van der Waals surface area contributed by atoms with Crippen LogP contribution in [0.5, 0.6) is 5.75 Å². The van der Waals surface area contributed by atoms with Crippen LogP contribution in [0.4, 0.5) is 0 Å². The normalized spacial score (nSPS) is 18.8. The van der Waals surface area contributed by atoms with E-state index in [0.29, 0.717) is 17.9 Å². The Hall–Kier alpha value is -2.06. The second-order valence-electron chi connectivity index (χ2n) is 5.15. The molecule has 21 heavy (non-hydrogen) atoms. The molecule has 1 aliphatic rings. The Morgan fingerprint density at radius 3 is 3.14 bits per heavy atom. The zero-order chi connectivity index (χ0) is 15.1. The molecule has 0 aromatic heterocycles. The second kappa shape index (κ2) is 7.65. The predicted octanol–water partition coefficient (Wildman–Crippen LogP) is 1.54. The largest absolute Gasteiger partial charge is 0.492 e. The SMILES string of the molecule is CNC(=O)C1CCCCN1CCOc1cccc(C#N)c1. The zero-order valence-electron chi connectivity index (χ0n) is 12.3. The standard InChI is InChI=1S/C16H21N3O2/c1-18-16(20)15-7-2-3-8-19(15)9-10-21-14-6-4-5-13(11-14)12-17/h4-6,11,15H,2-3,7-10H2,1H3,(H,18,20). The molecule has 1 aliphatic heterocycles. The van der Waals surface area contributed by atoms with E-state index in [9.17, 15) is 4.79 Å². The first kappa shape index (κ1) is 15.3. The lowest BCUT2D eigenvalue weighted by atomic mass is 10.0. The number of carbonyl (C=O) groups is 1. The molecule has 1 amide bonds. The fourth-order valence-corrected chi connectivity index (χ4v) is 2.66. The molecule has 1 heterocycles. The van der Waals surface area contributed by atoms with E-state index >= 15 is 0 Å². The average molecular weight is 287 g/mol. The highest BCUT2D eigenvalue weighted by molar-refractivity contribution is 5.81. The summed E-state index contributed by atoms with van der Waals surface area (Å²) in [7, 11) is 1.68. The number of ether oxygens (including phenoxy) is 1. The summed E-state index contributed by atoms with van der Waals surface area (Å²) in [5.74, 6) is 0.781. The first-order valence-corrected chi connectivity index (χ1v) is 7.33. The lowest BCUT2D eigenvalue weighted by Crippen LogP contribution is -2.49. The predicted molar refractivity (Wildman–Crippen MR) is 79.9 cm³/mol. The van der Waals surface area contributed by atoms with Crippen LogP contribution in [0.1, 0.15) is 24.8 Å². The van der Waals surface area contributed by atoms with Gasteiger partial charge in [-0.15, -0.1) is 0 Å². The second-order valence-corrected chi connectivity index (χ2v) is 5.15. The number of nitrogens with one attached hydrogen (secondary N) is 1. The number of nitriles is 1. The number of likely N-dealkylation sites (tertiary alicyclic amines) is 1. The third-order valence-electron chi connectivity index (χ3n) is 3.77. The van der Waals surface area contributed by atoms with Gasteiger partial charge in [-0.2, -0.15) is 5.26 Å². The van der Waals surface area contributed by atoms with Crippen molar-refractivity contribution >= 4 is 5.91 Å². The summed E-state index contributed by atoms with van der Waals surface area (Å²) in [6.45, 7) is 2.16. The maximum atomic E-state index is 11.9. The summed E-state index contributed by atoms with van der Waals surface area (Å²) in [4.78, 5) is 14.0. The Labute approximate surface area is 125 Å². The topological polar surface area (TPSA) is 65.4 Å². The van der Waals surface area contributed by atoms with Crippen molar-refractivity contribution < 1.29 is 9.53 Å². The van der Waals surface area contributed by atoms with Crippen LogP contribution < -0.4 is 10.1 Å². The van der Waals surface area contributed by atoms with Gasteiger partial charge in [-0.25, -0.2) is 0 Å². The van der Waals surface area contributed by atoms with E-state index < -0.39 is 0 Å². The number of hydrogen-bond donors (Lipinski definition) is 1. The number of hydrogen-bond acceptors (Lipinski definition) is 4. The highest BCUT2D eigenvalue weighted by Crippen LogP contribution is 2.17. The Balaban J connectivity index is 1.86. The molecule has 1 N–H and O–H groups in total. The van der Waals surface area contributed by atoms with Gasteiger partial charge in [-0.3, -0.25) is 9.69 Å². The summed E-state index contributed by atoms with van der Waals surface area (Å²) in [6, 6.07) is 9.18. The Morgan fingerprint density at radius 1 is 1.52 bits per heavy atom. The fourth-order valence-electron chi connectivity index (χ4n) is 2.66. The van der Waals surface area contributed by atoms with Crippen LogP contribution in [0.3, 0.4) is 0 Å². The van der Waals surface area contributed by atoms with Crippen molar-refractivity contribution in [3.05, 3.63) is 29.8 Å². The van der Waals surface area contributed by atoms with E-state index in [0.717, 1.165) is 32.4 Å². The van der Waals surface area contributed by atoms with Gasteiger partial charge in [0.1, 0.15) is 12.4 Å². The van der Waals surface area contributed by atoms with Gasteiger partial charge in [-0.1, -0.05) is 12.5 Å². The van der Waals surface area contributed by atoms with Crippen LogP contribution in [-0.4, -0.2) is 43.6 Å². The quantitative estimate of drug-likeness (QED) is 0.892. The zero-order valence-corrected chi connectivity index (χ0v) is 12.3. The number of carbonyl (C=O) groups excluding carboxylic acids is 1. The van der Waals surface area contributed by atoms with Crippen LogP contribution in [0.15, 0.2) is 24.3 Å². The van der Waals surface area contributed by atoms with Crippen LogP contribution in [-0.2, 0) is 4.79 Å². The van der Waals surface area contributed by atoms with Gasteiger partial charge in [-0.05, 0) is 37.6 Å². The maximum Gasteiger partial charge on any atom is 0.237 e. The lowest BCUT2D eigenvalue weighted by Gasteiger charge is -2.34. The van der Waals surface area contributed by atoms with E-state index in [4.69, 9.17) is 10.00 Å². The molecule has 1 aromatic carbocycles. The first-order chi connectivity index (χ1) is 10.2. The van der Waals surface area contributed by atoms with Gasteiger partial charge in [0.15, 0.2) is 0 Å². The summed E-state index contributed by atoms with van der Waals surface area (Å²) < 4.78 is 5.69. The van der Waals surface area contributed by atoms with Crippen LogP contribution in [0, 0.1) is 11.3 Å². The maximum absolute atomic E-state index is 11.9. The van der Waals surface area contributed by atoms with E-state index in [1.807, 2.05) is 12.1 Å². The summed E-state index contributed by atoms with van der Waals surface area (Å²) >= 11 is 0. The number of likely N-dealkylation sites (N-methyl/N-ethyl adjacent to an activating group) is 1. The molecule has 5 heteroatoms. The highest BCUT2D eigenvalue weighted by Gasteiger charge is 2.27. The fraction of sp³-hybridized carbons (Fsp3) is 0.500. The summed E-state index contributed by atoms with van der Waals surface area (Å²) in [5.41, 5.74) is 0.591. The average Bonchev–Trinajstić information content (AvgIpc) is 2.55. The van der Waals surface area contributed by atoms with Crippen molar-refractivity contribution in [2.45, 2.75) is 25.3 Å². The monoisotopic (exact) mass is 287 g/mol. The molecular weight excluding hydrogens is 266 g/mol. The van der Waals surface area contributed by atoms with Crippen LogP contribution in [0.2, 0.25) is 0 Å². The molecular formula is C16H21N3O2. The number of benzene rings is 1. The Morgan fingerprint density at radius 2 is 2.38 bits per heavy atom. The van der Waals surface area contributed by atoms with Gasteiger partial charge in [0, 0.05) is 13.6 Å². The summed E-state index contributed by atoms with van der Waals surface area (Å²) in [6.07, 6.45) is 3.13. The van der Waals surface area contributed by atoms with E-state index in [2.05, 4.69) is 16.3 Å². The van der Waals surface area contributed by atoms with Crippen LogP contribution >= 0.6 is 0 Å². The van der Waals surface area contributed by atoms with Crippen molar-refractivity contribution in [3.63, 3.8) is 0 Å². The molecule has 1 atom stereocenters. The molecule has 5 nitrogen and oxygen atoms in total. The van der Waals surface area contributed by atoms with E-state index in [1.54, 1.807) is 19.2 Å². The van der Waals surface area contributed by atoms with Gasteiger partial charge < -0.3 is 10.1 Å². The molecule has 0 aliphatic carbocycles. The molecule has 1 saturated heterocycles. The minimum Gasteiger partial charge on any atom is -0.492 e. The van der Waals surface area contributed by atoms with Crippen molar-refractivity contribution in [1.29, 1.82) is 5.26 Å². The number of rotatable bonds is 5. The Bertz CT molecular complexity index is 524. The number of nitrogens with zero attached hydrogens (tertiary/aromatic N) is 2. The lowest BCUT2D eigenvalue weighted by molar-refractivity contribution is -0.127. The summed E-state index contributed by atoms with van der Waals surface area (Å²) in [5, 5.41) is 11.6. The van der Waals surface area contributed by atoms with Crippen molar-refractivity contribution in [2.75, 3.05) is 26.7 Å². The third-order valence-corrected chi connectivity index (χ3v) is 3.77. The van der Waals surface area contributed by atoms with E-state index in [1.165, 1.54) is 0 Å². The van der Waals surface area contributed by atoms with Crippen molar-refractivity contribution in [2.24, 2.45) is 0 Å². The molecule has 0 spiro atoms. The van der Waals surface area contributed by atoms with Gasteiger partial charge >= 0.3 is 0 Å². The number of piperidine rings is 1. The van der Waals surface area contributed by atoms with Gasteiger partial charge in [0.05, 0.1) is 17.7 Å². The van der Waals surface area contributed by atoms with Gasteiger partial charge in [0.25, 0.3) is 0 Å². The molecule has 1 aromatic rings. The molecule has 1 unspecified atom stereocenters. The van der Waals surface area contributed by atoms with E-state index in [-0.39, 0.29) is 11.9 Å². The highest BCUT2D eigenvalue weighted by atomic mass is 16.5. The molecule has 0 saturated carbocycles. The third kappa shape index (κ3) is 4.20. The molecule has 2 rings (SSSR count).